The summed E-state index contributed by atoms with van der Waals surface area (Å²) in [4.78, 5) is 0. The summed E-state index contributed by atoms with van der Waals surface area (Å²) >= 11 is 0. The maximum absolute atomic E-state index is 2.54. The summed E-state index contributed by atoms with van der Waals surface area (Å²) in [5.74, 6) is 0. The molecular weight excluding hydrogens is 546 g/mol. The molecule has 4 aliphatic rings. The van der Waals surface area contributed by atoms with Gasteiger partial charge in [0.1, 0.15) is 0 Å². The molecule has 0 aromatic heterocycles. The third-order valence-electron chi connectivity index (χ3n) is 6.40. The Morgan fingerprint density at radius 3 is 1.16 bits per heavy atom. The molecule has 0 nitrogen and oxygen atoms in total. The van der Waals surface area contributed by atoms with Gasteiger partial charge in [-0.3, -0.25) is 0 Å². The number of hydrogen-bond donors (Lipinski definition) is 0. The number of allylic oxidation sites excluding steroid dienone is 8. The summed E-state index contributed by atoms with van der Waals surface area (Å²) in [5, 5.41) is 3.50. The number of halogens is 2. The van der Waals surface area contributed by atoms with E-state index in [2.05, 4.69) is 51.2 Å². The normalized spacial score (nSPS) is 24.2. The van der Waals surface area contributed by atoms with Gasteiger partial charge >= 0.3 is 0 Å². The zero-order valence-electron chi connectivity index (χ0n) is 16.2. The average Bonchev–Trinajstić information content (AvgIpc) is 3.03. The van der Waals surface area contributed by atoms with E-state index in [0.717, 1.165) is 0 Å². The van der Waals surface area contributed by atoms with Crippen LogP contribution in [-0.4, -0.2) is 16.1 Å². The van der Waals surface area contributed by atoms with Crippen LogP contribution in [0.5, 0.6) is 0 Å². The predicted octanol–water partition coefficient (Wildman–Crippen LogP) is 0.574. The molecule has 0 N–H and O–H groups in total. The molecular formula is C20H32Cl2HfSi2-2. The monoisotopic (exact) mass is 578 g/mol. The van der Waals surface area contributed by atoms with Crippen LogP contribution in [0.2, 0.25) is 37.3 Å². The second-order valence-corrected chi connectivity index (χ2v) is 17.9. The molecule has 0 amide bonds. The van der Waals surface area contributed by atoms with Gasteiger partial charge in [-0.1, -0.05) is 96.0 Å². The molecule has 0 radical (unpaired) electrons. The van der Waals surface area contributed by atoms with Crippen LogP contribution in [-0.2, 0) is 25.8 Å². The van der Waals surface area contributed by atoms with E-state index < -0.39 is 16.1 Å². The van der Waals surface area contributed by atoms with E-state index in [9.17, 15) is 0 Å². The largest absolute Gasteiger partial charge is 1.00 e. The molecule has 4 rings (SSSR count). The van der Waals surface area contributed by atoms with Gasteiger partial charge in [-0.25, -0.2) is 0 Å². The quantitative estimate of drug-likeness (QED) is 0.421. The molecule has 0 atom stereocenters. The molecule has 0 aromatic carbocycles. The summed E-state index contributed by atoms with van der Waals surface area (Å²) < 4.78 is 0. The minimum absolute atomic E-state index is 0. The van der Waals surface area contributed by atoms with Crippen molar-refractivity contribution < 1.29 is 50.7 Å². The second kappa shape index (κ2) is 10.4. The van der Waals surface area contributed by atoms with Gasteiger partial charge in [-0.2, -0.15) is 0 Å². The first-order valence-corrected chi connectivity index (χ1v) is 15.0. The third kappa shape index (κ3) is 5.91. The van der Waals surface area contributed by atoms with Crippen molar-refractivity contribution in [2.75, 3.05) is 0 Å². The SMILES string of the molecule is CC1=CC([Si]2(C)CCC2)=CC1.CC1=CC([Si]2(C)CCC2)=CC1.[Cl-].[Cl-].[Hf]. The summed E-state index contributed by atoms with van der Waals surface area (Å²) in [7, 11) is -1.64. The Balaban J connectivity index is 0.000000411. The Labute approximate surface area is 188 Å². The van der Waals surface area contributed by atoms with Gasteiger partial charge in [-0.15, -0.1) is 0 Å². The van der Waals surface area contributed by atoms with Gasteiger partial charge in [0, 0.05) is 25.8 Å². The fraction of sp³-hybridized carbons (Fsp3) is 0.600. The van der Waals surface area contributed by atoms with Gasteiger partial charge in [-0.05, 0) is 26.7 Å². The van der Waals surface area contributed by atoms with E-state index in [1.807, 2.05) is 0 Å². The Kier molecular flexibility index (Phi) is 10.8. The van der Waals surface area contributed by atoms with Crippen molar-refractivity contribution in [3.05, 3.63) is 45.8 Å². The van der Waals surface area contributed by atoms with Gasteiger partial charge in [0.15, 0.2) is 0 Å². The Morgan fingerprint density at radius 2 is 1.00 bits per heavy atom. The molecule has 0 bridgehead atoms. The molecule has 2 aliphatic heterocycles. The molecule has 0 unspecified atom stereocenters. The van der Waals surface area contributed by atoms with Crippen molar-refractivity contribution in [3.63, 3.8) is 0 Å². The van der Waals surface area contributed by atoms with Gasteiger partial charge in [0.25, 0.3) is 0 Å². The van der Waals surface area contributed by atoms with Crippen molar-refractivity contribution >= 4 is 16.1 Å². The average molecular weight is 578 g/mol. The standard InChI is InChI=1S/2C10H16Si.2ClH.Hf/c2*1-9-4-5-10(8-9)11(2)6-3-7-11;;;/h2*5,8H,3-4,6-7H2,1-2H3;2*1H;/p-2. The molecule has 2 saturated heterocycles. The van der Waals surface area contributed by atoms with Crippen LogP contribution in [0.4, 0.5) is 0 Å². The van der Waals surface area contributed by atoms with Crippen molar-refractivity contribution in [1.82, 2.24) is 0 Å². The zero-order chi connectivity index (χ0) is 15.8. The van der Waals surface area contributed by atoms with E-state index in [0.29, 0.717) is 0 Å². The Bertz CT molecular complexity index is 531. The van der Waals surface area contributed by atoms with Gasteiger partial charge in [0.05, 0.1) is 16.1 Å². The molecule has 0 aromatic rings. The smallest absolute Gasteiger partial charge is 0.0832 e. The number of hydrogen-bond acceptors (Lipinski definition) is 0. The topological polar surface area (TPSA) is 0 Å². The first-order valence-electron chi connectivity index (χ1n) is 9.17. The van der Waals surface area contributed by atoms with Crippen LogP contribution < -0.4 is 24.8 Å². The minimum Gasteiger partial charge on any atom is -1.00 e. The van der Waals surface area contributed by atoms with Crippen LogP contribution in [0.3, 0.4) is 0 Å². The van der Waals surface area contributed by atoms with Crippen LogP contribution >= 0.6 is 0 Å². The molecule has 0 saturated carbocycles. The van der Waals surface area contributed by atoms with Crippen molar-refractivity contribution in [2.45, 2.75) is 76.8 Å². The fourth-order valence-electron chi connectivity index (χ4n) is 4.14. The fourth-order valence-corrected chi connectivity index (χ4v) is 10.5. The van der Waals surface area contributed by atoms with E-state index >= 15 is 0 Å². The second-order valence-electron chi connectivity index (χ2n) is 8.54. The minimum atomic E-state index is -0.821. The maximum atomic E-state index is 2.54. The molecule has 25 heavy (non-hydrogen) atoms. The van der Waals surface area contributed by atoms with E-state index in [-0.39, 0.29) is 50.7 Å². The van der Waals surface area contributed by atoms with E-state index in [4.69, 9.17) is 0 Å². The Hall–Kier alpha value is 0.844. The predicted molar refractivity (Wildman–Crippen MR) is 105 cm³/mol. The molecule has 5 heteroatoms. The summed E-state index contributed by atoms with van der Waals surface area (Å²) in [6, 6.07) is 6.18. The summed E-state index contributed by atoms with van der Waals surface area (Å²) in [5.41, 5.74) is 3.14. The van der Waals surface area contributed by atoms with Crippen LogP contribution in [0.15, 0.2) is 45.8 Å². The van der Waals surface area contributed by atoms with Crippen molar-refractivity contribution in [2.24, 2.45) is 0 Å². The molecule has 2 heterocycles. The van der Waals surface area contributed by atoms with Gasteiger partial charge in [0.2, 0.25) is 0 Å². The van der Waals surface area contributed by atoms with Gasteiger partial charge < -0.3 is 24.8 Å². The van der Waals surface area contributed by atoms with Crippen molar-refractivity contribution in [1.29, 1.82) is 0 Å². The third-order valence-corrected chi connectivity index (χ3v) is 15.7. The first-order chi connectivity index (χ1) is 10.4. The van der Waals surface area contributed by atoms with Crippen LogP contribution in [0.1, 0.15) is 39.5 Å². The molecule has 2 fully saturated rings. The molecule has 140 valence electrons. The summed E-state index contributed by atoms with van der Waals surface area (Å²) in [6.07, 6.45) is 15.3. The zero-order valence-corrected chi connectivity index (χ0v) is 23.3. The van der Waals surface area contributed by atoms with Crippen molar-refractivity contribution in [3.8, 4) is 0 Å². The van der Waals surface area contributed by atoms with Crippen LogP contribution in [0.25, 0.3) is 0 Å². The first kappa shape index (κ1) is 25.8. The number of rotatable bonds is 2. The van der Waals surface area contributed by atoms with E-state index in [1.165, 1.54) is 25.7 Å². The Morgan fingerprint density at radius 1 is 0.680 bits per heavy atom. The molecule has 2 aliphatic carbocycles. The molecule has 0 spiro atoms. The summed E-state index contributed by atoms with van der Waals surface area (Å²) in [6.45, 7) is 9.58. The maximum Gasteiger partial charge on any atom is 0.0832 e. The van der Waals surface area contributed by atoms with Crippen LogP contribution in [0, 0.1) is 0 Å². The van der Waals surface area contributed by atoms with E-state index in [1.54, 1.807) is 45.7 Å².